The van der Waals surface area contributed by atoms with Gasteiger partial charge in [-0.05, 0) is 18.1 Å². The second-order valence-corrected chi connectivity index (χ2v) is 7.23. The number of rotatable bonds is 5. The third-order valence-corrected chi connectivity index (χ3v) is 4.59. The zero-order valence-corrected chi connectivity index (χ0v) is 14.9. The Morgan fingerprint density at radius 2 is 2.22 bits per heavy atom. The van der Waals surface area contributed by atoms with Crippen molar-refractivity contribution >= 4 is 29.4 Å². The van der Waals surface area contributed by atoms with Crippen LogP contribution in [0.4, 0.5) is 5.82 Å². The number of carbonyl (C=O) groups is 2. The van der Waals surface area contributed by atoms with Gasteiger partial charge in [-0.3, -0.25) is 9.59 Å². The van der Waals surface area contributed by atoms with E-state index < -0.39 is 6.04 Å². The van der Waals surface area contributed by atoms with E-state index >= 15 is 0 Å². The maximum atomic E-state index is 12.8. The highest BCUT2D eigenvalue weighted by Crippen LogP contribution is 2.24. The van der Waals surface area contributed by atoms with E-state index in [-0.39, 0.29) is 11.8 Å². The highest BCUT2D eigenvalue weighted by molar-refractivity contribution is 7.99. The maximum absolute atomic E-state index is 12.8. The van der Waals surface area contributed by atoms with Gasteiger partial charge in [-0.1, -0.05) is 13.8 Å². The van der Waals surface area contributed by atoms with Gasteiger partial charge in [0.1, 0.15) is 11.9 Å². The van der Waals surface area contributed by atoms with Crippen LogP contribution in [0.5, 0.6) is 0 Å². The van der Waals surface area contributed by atoms with Crippen molar-refractivity contribution in [2.45, 2.75) is 19.9 Å². The van der Waals surface area contributed by atoms with Crippen molar-refractivity contribution < 1.29 is 9.59 Å². The number of carbonyl (C=O) groups excluding carboxylic acids is 2. The Kier molecular flexibility index (Phi) is 5.87. The first-order chi connectivity index (χ1) is 10.9. The molecule has 1 aromatic heterocycles. The summed E-state index contributed by atoms with van der Waals surface area (Å²) >= 11 is 1.60. The van der Waals surface area contributed by atoms with Gasteiger partial charge < -0.3 is 15.1 Å². The van der Waals surface area contributed by atoms with E-state index in [4.69, 9.17) is 0 Å². The molecule has 0 spiro atoms. The molecule has 23 heavy (non-hydrogen) atoms. The van der Waals surface area contributed by atoms with Crippen LogP contribution >= 0.6 is 11.8 Å². The molecule has 1 aliphatic heterocycles. The van der Waals surface area contributed by atoms with Crippen LogP contribution in [0.2, 0.25) is 0 Å². The molecule has 126 valence electrons. The molecule has 1 N–H and O–H groups in total. The number of amides is 2. The molecule has 1 atom stereocenters. The van der Waals surface area contributed by atoms with Gasteiger partial charge >= 0.3 is 0 Å². The van der Waals surface area contributed by atoms with Crippen LogP contribution in [0.25, 0.3) is 0 Å². The fourth-order valence-electron chi connectivity index (χ4n) is 2.24. The first kappa shape index (κ1) is 17.6. The van der Waals surface area contributed by atoms with E-state index in [1.165, 1.54) is 0 Å². The number of thioether (sulfide) groups is 1. The first-order valence-electron chi connectivity index (χ1n) is 7.70. The second kappa shape index (κ2) is 7.68. The van der Waals surface area contributed by atoms with Crippen molar-refractivity contribution in [2.75, 3.05) is 37.2 Å². The minimum absolute atomic E-state index is 0.0704. The quantitative estimate of drug-likeness (QED) is 0.881. The molecule has 1 aromatic rings. The van der Waals surface area contributed by atoms with Crippen LogP contribution in [0.3, 0.4) is 0 Å². The Labute approximate surface area is 141 Å². The van der Waals surface area contributed by atoms with Crippen molar-refractivity contribution in [3.8, 4) is 0 Å². The lowest BCUT2D eigenvalue weighted by atomic mass is 10.1. The molecular weight excluding hydrogens is 312 g/mol. The van der Waals surface area contributed by atoms with E-state index in [0.717, 1.165) is 5.82 Å². The Morgan fingerprint density at radius 3 is 2.87 bits per heavy atom. The summed E-state index contributed by atoms with van der Waals surface area (Å²) in [5, 5.41) is 2.92. The summed E-state index contributed by atoms with van der Waals surface area (Å²) in [6.45, 7) is 4.72. The van der Waals surface area contributed by atoms with Crippen molar-refractivity contribution in [3.05, 3.63) is 23.9 Å². The monoisotopic (exact) mass is 336 g/mol. The van der Waals surface area contributed by atoms with Gasteiger partial charge in [0, 0.05) is 38.2 Å². The molecule has 7 heteroatoms. The molecule has 6 nitrogen and oxygen atoms in total. The number of nitrogens with one attached hydrogen (secondary N) is 1. The topological polar surface area (TPSA) is 65.5 Å². The summed E-state index contributed by atoms with van der Waals surface area (Å²) in [4.78, 5) is 32.8. The SMILES string of the molecule is CC(C)CNC(=O)[C@H]1CSCN1C(=O)c1ccnc(N(C)C)c1. The third-order valence-electron chi connectivity index (χ3n) is 3.58. The van der Waals surface area contributed by atoms with Crippen molar-refractivity contribution in [1.82, 2.24) is 15.2 Å². The van der Waals surface area contributed by atoms with E-state index in [1.54, 1.807) is 35.0 Å². The fraction of sp³-hybridized carbons (Fsp3) is 0.562. The molecule has 1 fully saturated rings. The molecule has 2 heterocycles. The smallest absolute Gasteiger partial charge is 0.255 e. The molecule has 2 amide bonds. The lowest BCUT2D eigenvalue weighted by molar-refractivity contribution is -0.124. The molecule has 1 saturated heterocycles. The number of aromatic nitrogens is 1. The van der Waals surface area contributed by atoms with Gasteiger partial charge in [0.15, 0.2) is 0 Å². The van der Waals surface area contributed by atoms with Gasteiger partial charge in [0.25, 0.3) is 5.91 Å². The summed E-state index contributed by atoms with van der Waals surface area (Å²) in [7, 11) is 3.76. The van der Waals surface area contributed by atoms with Gasteiger partial charge in [0.2, 0.25) is 5.91 Å². The summed E-state index contributed by atoms with van der Waals surface area (Å²) in [5.41, 5.74) is 0.563. The molecule has 0 unspecified atom stereocenters. The molecule has 0 saturated carbocycles. The largest absolute Gasteiger partial charge is 0.363 e. The zero-order valence-electron chi connectivity index (χ0n) is 14.1. The van der Waals surface area contributed by atoms with Crippen molar-refractivity contribution in [1.29, 1.82) is 0 Å². The average Bonchev–Trinajstić information content (AvgIpc) is 3.01. The maximum Gasteiger partial charge on any atom is 0.255 e. The van der Waals surface area contributed by atoms with Crippen molar-refractivity contribution in [2.24, 2.45) is 5.92 Å². The predicted molar refractivity (Wildman–Crippen MR) is 93.7 cm³/mol. The van der Waals surface area contributed by atoms with Crippen LogP contribution in [0.15, 0.2) is 18.3 Å². The summed E-state index contributed by atoms with van der Waals surface area (Å²) in [5.74, 6) is 2.10. The minimum Gasteiger partial charge on any atom is -0.363 e. The summed E-state index contributed by atoms with van der Waals surface area (Å²) in [6.07, 6.45) is 1.62. The summed E-state index contributed by atoms with van der Waals surface area (Å²) < 4.78 is 0. The van der Waals surface area contributed by atoms with E-state index in [2.05, 4.69) is 10.3 Å². The van der Waals surface area contributed by atoms with Crippen LogP contribution < -0.4 is 10.2 Å². The molecule has 0 aromatic carbocycles. The third kappa shape index (κ3) is 4.37. The van der Waals surface area contributed by atoms with E-state index in [0.29, 0.717) is 29.7 Å². The van der Waals surface area contributed by atoms with Gasteiger partial charge in [-0.25, -0.2) is 4.98 Å². The Bertz CT molecular complexity index is 577. The lowest BCUT2D eigenvalue weighted by Crippen LogP contribution is -2.48. The van der Waals surface area contributed by atoms with E-state index in [9.17, 15) is 9.59 Å². The average molecular weight is 336 g/mol. The molecular formula is C16H24N4O2S. The molecule has 1 aliphatic rings. The Morgan fingerprint density at radius 1 is 1.48 bits per heavy atom. The number of pyridine rings is 1. The normalized spacial score (nSPS) is 17.4. The Hall–Kier alpha value is -1.76. The highest BCUT2D eigenvalue weighted by atomic mass is 32.2. The first-order valence-corrected chi connectivity index (χ1v) is 8.85. The second-order valence-electron chi connectivity index (χ2n) is 6.23. The number of hydrogen-bond acceptors (Lipinski definition) is 5. The minimum atomic E-state index is -0.401. The lowest BCUT2D eigenvalue weighted by Gasteiger charge is -2.24. The molecule has 0 aliphatic carbocycles. The Balaban J connectivity index is 2.11. The molecule has 2 rings (SSSR count). The van der Waals surface area contributed by atoms with Crippen LogP contribution in [-0.2, 0) is 4.79 Å². The zero-order chi connectivity index (χ0) is 17.0. The van der Waals surface area contributed by atoms with Crippen molar-refractivity contribution in [3.63, 3.8) is 0 Å². The van der Waals surface area contributed by atoms with Gasteiger partial charge in [-0.2, -0.15) is 0 Å². The molecule has 0 radical (unpaired) electrons. The van der Waals surface area contributed by atoms with E-state index in [1.807, 2.05) is 32.8 Å². The van der Waals surface area contributed by atoms with Gasteiger partial charge in [0.05, 0.1) is 5.88 Å². The summed E-state index contributed by atoms with van der Waals surface area (Å²) in [6, 6.07) is 3.05. The van der Waals surface area contributed by atoms with Gasteiger partial charge in [-0.15, -0.1) is 11.8 Å². The molecule has 0 bridgehead atoms. The van der Waals surface area contributed by atoms with Crippen LogP contribution in [0, 0.1) is 5.92 Å². The number of hydrogen-bond donors (Lipinski definition) is 1. The van der Waals surface area contributed by atoms with Crippen LogP contribution in [0.1, 0.15) is 24.2 Å². The standard InChI is InChI=1S/C16H24N4O2S/c1-11(2)8-18-15(21)13-9-23-10-20(13)16(22)12-5-6-17-14(7-12)19(3)4/h5-7,11,13H,8-10H2,1-4H3,(H,18,21)/t13-/m1/s1. The fourth-order valence-corrected chi connectivity index (χ4v) is 3.40. The highest BCUT2D eigenvalue weighted by Gasteiger charge is 2.35. The number of anilines is 1. The number of nitrogens with zero attached hydrogens (tertiary/aromatic N) is 3. The van der Waals surface area contributed by atoms with Crippen LogP contribution in [-0.4, -0.2) is 60.0 Å². The predicted octanol–water partition coefficient (Wildman–Crippen LogP) is 1.43.